The molecule has 1 aliphatic rings. The van der Waals surface area contributed by atoms with Crippen molar-refractivity contribution >= 4 is 23.3 Å². The van der Waals surface area contributed by atoms with Crippen LogP contribution < -0.4 is 0 Å². The number of rotatable bonds is 3. The second-order valence-corrected chi connectivity index (χ2v) is 6.62. The van der Waals surface area contributed by atoms with Crippen LogP contribution in [0.5, 0.6) is 0 Å². The van der Waals surface area contributed by atoms with E-state index in [2.05, 4.69) is 4.74 Å². The van der Waals surface area contributed by atoms with Crippen LogP contribution in [0.1, 0.15) is 20.8 Å². The molecule has 0 aromatic carbocycles. The molecule has 0 aliphatic carbocycles. The Morgan fingerprint density at radius 2 is 1.88 bits per heavy atom. The lowest BCUT2D eigenvalue weighted by atomic mass is 10.3. The monoisotopic (exact) mass is 249 g/mol. The predicted octanol–water partition coefficient (Wildman–Crippen LogP) is -0.241. The lowest BCUT2D eigenvalue weighted by Gasteiger charge is -2.24. The highest BCUT2D eigenvalue weighted by molar-refractivity contribution is 7.90. The molecular weight excluding hydrogens is 234 g/mol. The Kier molecular flexibility index (Phi) is 3.51. The first kappa shape index (κ1) is 13.3. The summed E-state index contributed by atoms with van der Waals surface area (Å²) in [5.41, 5.74) is 0. The number of carboxylic acids is 1. The van der Waals surface area contributed by atoms with Crippen LogP contribution >= 0.6 is 0 Å². The SMILES string of the molecule is COC(=O)[C@H]1[C@@H](C(=O)O)N1[S+]([O-])C(C)(C)C. The van der Waals surface area contributed by atoms with E-state index in [0.717, 1.165) is 4.31 Å². The van der Waals surface area contributed by atoms with Gasteiger partial charge in [0.05, 0.1) is 7.11 Å². The van der Waals surface area contributed by atoms with E-state index in [1.54, 1.807) is 20.8 Å². The zero-order valence-corrected chi connectivity index (χ0v) is 10.4. The van der Waals surface area contributed by atoms with Crippen molar-refractivity contribution in [2.75, 3.05) is 7.11 Å². The number of aliphatic carboxylic acids is 1. The number of carboxylic acid groups (broad SMARTS) is 1. The van der Waals surface area contributed by atoms with Crippen molar-refractivity contribution in [2.24, 2.45) is 0 Å². The fraction of sp³-hybridized carbons (Fsp3) is 0.778. The molecule has 0 spiro atoms. The van der Waals surface area contributed by atoms with Gasteiger partial charge in [0.15, 0.2) is 12.1 Å². The molecule has 0 amide bonds. The molecule has 0 saturated carbocycles. The topological polar surface area (TPSA) is 89.7 Å². The Morgan fingerprint density at radius 1 is 1.38 bits per heavy atom. The number of hydrogen-bond acceptors (Lipinski definition) is 5. The van der Waals surface area contributed by atoms with Gasteiger partial charge in [-0.25, -0.2) is 0 Å². The molecule has 0 radical (unpaired) electrons. The first-order chi connectivity index (χ1) is 7.21. The second-order valence-electron chi connectivity index (χ2n) is 4.47. The summed E-state index contributed by atoms with van der Waals surface area (Å²) in [6.07, 6.45) is 0. The summed E-state index contributed by atoms with van der Waals surface area (Å²) in [6, 6.07) is -1.96. The van der Waals surface area contributed by atoms with Crippen LogP contribution in [0, 0.1) is 0 Å². The Labute approximate surface area is 96.9 Å². The fourth-order valence-electron chi connectivity index (χ4n) is 1.33. The van der Waals surface area contributed by atoms with Gasteiger partial charge in [-0.2, -0.15) is 0 Å². The van der Waals surface area contributed by atoms with E-state index in [4.69, 9.17) is 5.11 Å². The normalized spacial score (nSPS) is 30.7. The minimum absolute atomic E-state index is 0.601. The highest BCUT2D eigenvalue weighted by atomic mass is 32.2. The highest BCUT2D eigenvalue weighted by Gasteiger charge is 2.67. The smallest absolute Gasteiger partial charge is 0.330 e. The average molecular weight is 249 g/mol. The third-order valence-electron chi connectivity index (χ3n) is 2.17. The van der Waals surface area contributed by atoms with Crippen LogP contribution in [0.4, 0.5) is 0 Å². The van der Waals surface area contributed by atoms with E-state index >= 15 is 0 Å². The quantitative estimate of drug-likeness (QED) is 0.422. The van der Waals surface area contributed by atoms with Gasteiger partial charge in [0.2, 0.25) is 0 Å². The molecule has 6 nitrogen and oxygen atoms in total. The largest absolute Gasteiger partial charge is 0.597 e. The maximum Gasteiger partial charge on any atom is 0.330 e. The minimum Gasteiger partial charge on any atom is -0.597 e. The first-order valence-electron chi connectivity index (χ1n) is 4.72. The predicted molar refractivity (Wildman–Crippen MR) is 57.0 cm³/mol. The summed E-state index contributed by atoms with van der Waals surface area (Å²) in [4.78, 5) is 22.1. The van der Waals surface area contributed by atoms with Gasteiger partial charge in [-0.05, 0) is 20.8 Å². The van der Waals surface area contributed by atoms with Gasteiger partial charge >= 0.3 is 11.9 Å². The molecule has 0 aromatic heterocycles. The van der Waals surface area contributed by atoms with Gasteiger partial charge in [0.1, 0.15) is 4.75 Å². The molecular formula is C9H15NO5S. The van der Waals surface area contributed by atoms with Crippen LogP contribution in [-0.2, 0) is 25.7 Å². The lowest BCUT2D eigenvalue weighted by molar-refractivity contribution is -0.143. The summed E-state index contributed by atoms with van der Waals surface area (Å²) in [6.45, 7) is 5.15. The Morgan fingerprint density at radius 3 is 2.19 bits per heavy atom. The third-order valence-corrected chi connectivity index (χ3v) is 4.05. The zero-order valence-electron chi connectivity index (χ0n) is 9.59. The maximum atomic E-state index is 11.9. The summed E-state index contributed by atoms with van der Waals surface area (Å²) in [5, 5.41) is 8.87. The Bertz CT molecular complexity index is 314. The molecule has 16 heavy (non-hydrogen) atoms. The van der Waals surface area contributed by atoms with E-state index in [1.807, 2.05) is 0 Å². The molecule has 2 unspecified atom stereocenters. The van der Waals surface area contributed by atoms with Gasteiger partial charge < -0.3 is 14.4 Å². The third kappa shape index (κ3) is 2.31. The van der Waals surface area contributed by atoms with Crippen molar-refractivity contribution < 1.29 is 24.0 Å². The average Bonchev–Trinajstić information content (AvgIpc) is 2.88. The fourth-order valence-corrected chi connectivity index (χ4v) is 2.73. The Hall–Kier alpha value is -0.790. The number of esters is 1. The molecule has 0 aromatic rings. The van der Waals surface area contributed by atoms with Crippen molar-refractivity contribution in [1.82, 2.24) is 4.31 Å². The molecule has 1 saturated heterocycles. The van der Waals surface area contributed by atoms with E-state index in [-0.39, 0.29) is 0 Å². The second kappa shape index (κ2) is 4.23. The molecule has 1 rings (SSSR count). The molecule has 0 bridgehead atoms. The van der Waals surface area contributed by atoms with Crippen molar-refractivity contribution in [2.45, 2.75) is 37.6 Å². The maximum absolute atomic E-state index is 11.9. The van der Waals surface area contributed by atoms with Crippen LogP contribution in [0.3, 0.4) is 0 Å². The first-order valence-corrected chi connectivity index (χ1v) is 5.83. The van der Waals surface area contributed by atoms with E-state index in [1.165, 1.54) is 7.11 Å². The van der Waals surface area contributed by atoms with Gasteiger partial charge in [-0.15, -0.1) is 0 Å². The zero-order chi connectivity index (χ0) is 12.7. The molecule has 1 N–H and O–H groups in total. The summed E-state index contributed by atoms with van der Waals surface area (Å²) >= 11 is -1.53. The van der Waals surface area contributed by atoms with Crippen molar-refractivity contribution in [3.63, 3.8) is 0 Å². The number of nitrogens with zero attached hydrogens (tertiary/aromatic N) is 1. The summed E-state index contributed by atoms with van der Waals surface area (Å²) < 4.78 is 17.0. The Balaban J connectivity index is 2.82. The number of carbonyl (C=O) groups is 2. The standard InChI is InChI=1S/C9H15NO5S/c1-9(2,3)16(14)10-5(7(11)12)6(10)8(13)15-4/h5-6H,1-4H3,(H,11,12)/t5-,6+,10?,16?/m0/s1. The molecule has 1 heterocycles. The van der Waals surface area contributed by atoms with E-state index in [0.29, 0.717) is 0 Å². The molecule has 1 aliphatic heterocycles. The van der Waals surface area contributed by atoms with Crippen molar-refractivity contribution in [1.29, 1.82) is 0 Å². The van der Waals surface area contributed by atoms with E-state index in [9.17, 15) is 14.1 Å². The van der Waals surface area contributed by atoms with Crippen molar-refractivity contribution in [3.05, 3.63) is 0 Å². The summed E-state index contributed by atoms with van der Waals surface area (Å²) in [5.74, 6) is -1.82. The van der Waals surface area contributed by atoms with Gasteiger partial charge in [-0.3, -0.25) is 9.59 Å². The van der Waals surface area contributed by atoms with Gasteiger partial charge in [-0.1, -0.05) is 4.31 Å². The molecule has 92 valence electrons. The highest BCUT2D eigenvalue weighted by Crippen LogP contribution is 2.38. The van der Waals surface area contributed by atoms with E-state index < -0.39 is 40.1 Å². The number of carbonyl (C=O) groups excluding carboxylic acids is 1. The van der Waals surface area contributed by atoms with Gasteiger partial charge in [0.25, 0.3) is 0 Å². The summed E-state index contributed by atoms with van der Waals surface area (Å²) in [7, 11) is 1.18. The number of methoxy groups -OCH3 is 1. The van der Waals surface area contributed by atoms with Crippen LogP contribution in [0.25, 0.3) is 0 Å². The van der Waals surface area contributed by atoms with Crippen LogP contribution in [0.2, 0.25) is 0 Å². The van der Waals surface area contributed by atoms with Crippen molar-refractivity contribution in [3.8, 4) is 0 Å². The van der Waals surface area contributed by atoms with Gasteiger partial charge in [0, 0.05) is 11.4 Å². The minimum atomic E-state index is -1.53. The number of hydrogen-bond donors (Lipinski definition) is 1. The van der Waals surface area contributed by atoms with Crippen LogP contribution in [0.15, 0.2) is 0 Å². The lowest BCUT2D eigenvalue weighted by Crippen LogP contribution is -2.36. The number of ether oxygens (including phenoxy) is 1. The van der Waals surface area contributed by atoms with Crippen LogP contribution in [-0.4, -0.2) is 49.8 Å². The molecule has 1 fully saturated rings. The molecule has 7 heteroatoms. The molecule has 4 atom stereocenters.